The highest BCUT2D eigenvalue weighted by Crippen LogP contribution is 2.17. The molecule has 18 heavy (non-hydrogen) atoms. The highest BCUT2D eigenvalue weighted by atomic mass is 16.3. The van der Waals surface area contributed by atoms with E-state index in [1.807, 2.05) is 12.1 Å². The Morgan fingerprint density at radius 3 is 3.00 bits per heavy atom. The fraction of sp³-hybridized carbons (Fsp3) is 0.600. The van der Waals surface area contributed by atoms with Gasteiger partial charge in [0, 0.05) is 31.7 Å². The molecule has 1 aliphatic heterocycles. The fourth-order valence-electron chi connectivity index (χ4n) is 2.65. The van der Waals surface area contributed by atoms with Gasteiger partial charge < -0.3 is 10.4 Å². The van der Waals surface area contributed by atoms with E-state index in [1.54, 1.807) is 6.07 Å². The molecule has 2 unspecified atom stereocenters. The highest BCUT2D eigenvalue weighted by Gasteiger charge is 2.24. The van der Waals surface area contributed by atoms with Crippen molar-refractivity contribution in [2.75, 3.05) is 13.1 Å². The smallest absolute Gasteiger partial charge is 0.115 e. The third-order valence-corrected chi connectivity index (χ3v) is 3.71. The maximum absolute atomic E-state index is 9.51. The van der Waals surface area contributed by atoms with Gasteiger partial charge in [0.2, 0.25) is 0 Å². The maximum atomic E-state index is 9.51. The number of benzene rings is 1. The molecular formula is C15H24N2O. The Labute approximate surface area is 110 Å². The first kappa shape index (κ1) is 13.4. The third-order valence-electron chi connectivity index (χ3n) is 3.71. The van der Waals surface area contributed by atoms with Crippen LogP contribution in [-0.2, 0) is 6.54 Å². The molecule has 0 aromatic heterocycles. The zero-order valence-electron chi connectivity index (χ0n) is 11.4. The monoisotopic (exact) mass is 248 g/mol. The van der Waals surface area contributed by atoms with Crippen molar-refractivity contribution in [3.05, 3.63) is 29.8 Å². The van der Waals surface area contributed by atoms with Crippen LogP contribution in [0.25, 0.3) is 0 Å². The third kappa shape index (κ3) is 3.47. The lowest BCUT2D eigenvalue weighted by molar-refractivity contribution is 0.129. The molecule has 1 aromatic carbocycles. The first-order valence-electron chi connectivity index (χ1n) is 6.94. The predicted molar refractivity (Wildman–Crippen MR) is 74.7 cm³/mol. The lowest BCUT2D eigenvalue weighted by Gasteiger charge is -2.39. The molecule has 0 radical (unpaired) electrons. The van der Waals surface area contributed by atoms with Crippen molar-refractivity contribution < 1.29 is 5.11 Å². The summed E-state index contributed by atoms with van der Waals surface area (Å²) < 4.78 is 0. The Bertz CT molecular complexity index is 381. The van der Waals surface area contributed by atoms with Crippen LogP contribution in [0.5, 0.6) is 5.75 Å². The van der Waals surface area contributed by atoms with Gasteiger partial charge in [-0.1, -0.05) is 25.5 Å². The Hall–Kier alpha value is -1.06. The summed E-state index contributed by atoms with van der Waals surface area (Å²) in [5, 5.41) is 13.1. The number of phenolic OH excluding ortho intramolecular Hbond substituents is 1. The van der Waals surface area contributed by atoms with Crippen LogP contribution in [0.4, 0.5) is 0 Å². The number of hydrogen-bond acceptors (Lipinski definition) is 3. The van der Waals surface area contributed by atoms with E-state index < -0.39 is 0 Å². The van der Waals surface area contributed by atoms with Gasteiger partial charge in [0.25, 0.3) is 0 Å². The first-order valence-corrected chi connectivity index (χ1v) is 6.94. The molecule has 1 aromatic rings. The first-order chi connectivity index (χ1) is 8.69. The molecule has 0 saturated carbocycles. The van der Waals surface area contributed by atoms with E-state index in [2.05, 4.69) is 30.1 Å². The number of piperazine rings is 1. The molecule has 1 aliphatic rings. The van der Waals surface area contributed by atoms with Gasteiger partial charge in [0.1, 0.15) is 5.75 Å². The standard InChI is InChI=1S/C15H24N2O/c1-3-5-14-11-17(12(2)9-16-14)10-13-6-4-7-15(18)8-13/h4,6-8,12,14,16,18H,3,5,9-11H2,1-2H3. The summed E-state index contributed by atoms with van der Waals surface area (Å²) in [6.45, 7) is 7.59. The van der Waals surface area contributed by atoms with Crippen LogP contribution in [0.2, 0.25) is 0 Å². The second-order valence-electron chi connectivity index (χ2n) is 5.34. The van der Waals surface area contributed by atoms with Gasteiger partial charge in [0.15, 0.2) is 0 Å². The number of nitrogens with one attached hydrogen (secondary N) is 1. The number of aromatic hydroxyl groups is 1. The van der Waals surface area contributed by atoms with E-state index in [0.717, 1.165) is 19.6 Å². The van der Waals surface area contributed by atoms with Crippen molar-refractivity contribution in [3.8, 4) is 5.75 Å². The minimum Gasteiger partial charge on any atom is -0.508 e. The lowest BCUT2D eigenvalue weighted by Crippen LogP contribution is -2.54. The molecule has 2 rings (SSSR count). The second kappa shape index (κ2) is 6.21. The van der Waals surface area contributed by atoms with E-state index >= 15 is 0 Å². The van der Waals surface area contributed by atoms with Crippen LogP contribution < -0.4 is 5.32 Å². The largest absolute Gasteiger partial charge is 0.508 e. The number of nitrogens with zero attached hydrogens (tertiary/aromatic N) is 1. The molecule has 2 N–H and O–H groups in total. The molecule has 1 saturated heterocycles. The average Bonchev–Trinajstić information content (AvgIpc) is 2.34. The summed E-state index contributed by atoms with van der Waals surface area (Å²) >= 11 is 0. The molecule has 1 fully saturated rings. The molecule has 3 heteroatoms. The van der Waals surface area contributed by atoms with Crippen LogP contribution in [0.15, 0.2) is 24.3 Å². The Kier molecular flexibility index (Phi) is 4.61. The van der Waals surface area contributed by atoms with E-state index in [9.17, 15) is 5.11 Å². The molecule has 0 aliphatic carbocycles. The molecular weight excluding hydrogens is 224 g/mol. The van der Waals surface area contributed by atoms with Gasteiger partial charge in [0.05, 0.1) is 0 Å². The average molecular weight is 248 g/mol. The van der Waals surface area contributed by atoms with Gasteiger partial charge in [-0.25, -0.2) is 0 Å². The van der Waals surface area contributed by atoms with E-state index in [4.69, 9.17) is 0 Å². The Morgan fingerprint density at radius 1 is 1.44 bits per heavy atom. The van der Waals surface area contributed by atoms with Crippen LogP contribution in [0.3, 0.4) is 0 Å². The topological polar surface area (TPSA) is 35.5 Å². The molecule has 1 heterocycles. The maximum Gasteiger partial charge on any atom is 0.115 e. The fourth-order valence-corrected chi connectivity index (χ4v) is 2.65. The van der Waals surface area contributed by atoms with Crippen molar-refractivity contribution in [1.82, 2.24) is 10.2 Å². The SMILES string of the molecule is CCCC1CN(Cc2cccc(O)c2)C(C)CN1. The summed E-state index contributed by atoms with van der Waals surface area (Å²) in [5.41, 5.74) is 1.19. The number of rotatable bonds is 4. The van der Waals surface area contributed by atoms with Crippen LogP contribution in [-0.4, -0.2) is 35.2 Å². The molecule has 0 spiro atoms. The summed E-state index contributed by atoms with van der Waals surface area (Å²) in [5.74, 6) is 0.361. The van der Waals surface area contributed by atoms with Gasteiger partial charge in [-0.15, -0.1) is 0 Å². The second-order valence-corrected chi connectivity index (χ2v) is 5.34. The van der Waals surface area contributed by atoms with Gasteiger partial charge in [-0.2, -0.15) is 0 Å². The van der Waals surface area contributed by atoms with Crippen molar-refractivity contribution in [2.24, 2.45) is 0 Å². The Morgan fingerprint density at radius 2 is 2.28 bits per heavy atom. The summed E-state index contributed by atoms with van der Waals surface area (Å²) in [6, 6.07) is 8.77. The van der Waals surface area contributed by atoms with Crippen molar-refractivity contribution >= 4 is 0 Å². The van der Waals surface area contributed by atoms with Gasteiger partial charge >= 0.3 is 0 Å². The molecule has 3 nitrogen and oxygen atoms in total. The zero-order valence-corrected chi connectivity index (χ0v) is 11.4. The van der Waals surface area contributed by atoms with Gasteiger partial charge in [-0.3, -0.25) is 4.90 Å². The number of phenols is 1. The van der Waals surface area contributed by atoms with Crippen molar-refractivity contribution in [3.63, 3.8) is 0 Å². The van der Waals surface area contributed by atoms with Crippen LogP contribution in [0.1, 0.15) is 32.3 Å². The highest BCUT2D eigenvalue weighted by molar-refractivity contribution is 5.27. The minimum atomic E-state index is 0.361. The molecule has 100 valence electrons. The summed E-state index contributed by atoms with van der Waals surface area (Å²) in [7, 11) is 0. The van der Waals surface area contributed by atoms with Crippen LogP contribution >= 0.6 is 0 Å². The Balaban J connectivity index is 1.98. The normalized spacial score (nSPS) is 25.2. The van der Waals surface area contributed by atoms with Crippen LogP contribution in [0, 0.1) is 0 Å². The lowest BCUT2D eigenvalue weighted by atomic mass is 10.0. The zero-order chi connectivity index (χ0) is 13.0. The molecule has 2 atom stereocenters. The molecule has 0 amide bonds. The van der Waals surface area contributed by atoms with E-state index in [1.165, 1.54) is 18.4 Å². The van der Waals surface area contributed by atoms with E-state index in [-0.39, 0.29) is 0 Å². The number of hydrogen-bond donors (Lipinski definition) is 2. The summed E-state index contributed by atoms with van der Waals surface area (Å²) in [6.07, 6.45) is 2.47. The predicted octanol–water partition coefficient (Wildman–Crippen LogP) is 2.35. The van der Waals surface area contributed by atoms with Crippen molar-refractivity contribution in [2.45, 2.75) is 45.3 Å². The van der Waals surface area contributed by atoms with Gasteiger partial charge in [-0.05, 0) is 31.0 Å². The van der Waals surface area contributed by atoms with E-state index in [0.29, 0.717) is 17.8 Å². The molecule has 0 bridgehead atoms. The summed E-state index contributed by atoms with van der Waals surface area (Å²) in [4.78, 5) is 2.51. The minimum absolute atomic E-state index is 0.361. The quantitative estimate of drug-likeness (QED) is 0.858. The van der Waals surface area contributed by atoms with Crippen molar-refractivity contribution in [1.29, 1.82) is 0 Å².